The molecule has 0 spiro atoms. The smallest absolute Gasteiger partial charge is 0.0751 e. The zero-order chi connectivity index (χ0) is 13.1. The SMILES string of the molecule is Ic1ccccc1NCc1cccc2cccnc12. The van der Waals surface area contributed by atoms with Gasteiger partial charge in [-0.25, -0.2) is 0 Å². The van der Waals surface area contributed by atoms with Crippen molar-refractivity contribution in [2.24, 2.45) is 0 Å². The molecule has 0 atom stereocenters. The van der Waals surface area contributed by atoms with Crippen LogP contribution in [0.5, 0.6) is 0 Å². The average Bonchev–Trinajstić information content (AvgIpc) is 2.46. The van der Waals surface area contributed by atoms with Crippen LogP contribution < -0.4 is 5.32 Å². The minimum absolute atomic E-state index is 0.786. The Morgan fingerprint density at radius 3 is 2.68 bits per heavy atom. The molecule has 3 aromatic rings. The number of hydrogen-bond acceptors (Lipinski definition) is 2. The minimum Gasteiger partial charge on any atom is -0.380 e. The highest BCUT2D eigenvalue weighted by atomic mass is 127. The van der Waals surface area contributed by atoms with Crippen LogP contribution in [0.25, 0.3) is 10.9 Å². The topological polar surface area (TPSA) is 24.9 Å². The van der Waals surface area contributed by atoms with Crippen LogP contribution >= 0.6 is 22.6 Å². The summed E-state index contributed by atoms with van der Waals surface area (Å²) in [5, 5.41) is 4.66. The lowest BCUT2D eigenvalue weighted by Crippen LogP contribution is -2.02. The van der Waals surface area contributed by atoms with Crippen molar-refractivity contribution in [2.75, 3.05) is 5.32 Å². The maximum Gasteiger partial charge on any atom is 0.0751 e. The van der Waals surface area contributed by atoms with Gasteiger partial charge in [0.2, 0.25) is 0 Å². The molecule has 0 aliphatic heterocycles. The predicted octanol–water partition coefficient (Wildman–Crippen LogP) is 4.45. The predicted molar refractivity (Wildman–Crippen MR) is 88.2 cm³/mol. The fourth-order valence-electron chi connectivity index (χ4n) is 2.11. The van der Waals surface area contributed by atoms with Gasteiger partial charge in [-0.3, -0.25) is 4.98 Å². The van der Waals surface area contributed by atoms with Crippen LogP contribution in [-0.2, 0) is 6.54 Å². The first-order valence-corrected chi connectivity index (χ1v) is 7.23. The van der Waals surface area contributed by atoms with E-state index in [0.29, 0.717) is 0 Å². The van der Waals surface area contributed by atoms with Crippen LogP contribution in [0.15, 0.2) is 60.8 Å². The van der Waals surface area contributed by atoms with Gasteiger partial charge in [-0.1, -0.05) is 36.4 Å². The highest BCUT2D eigenvalue weighted by Gasteiger charge is 2.02. The highest BCUT2D eigenvalue weighted by Crippen LogP contribution is 2.20. The van der Waals surface area contributed by atoms with E-state index in [-0.39, 0.29) is 0 Å². The third kappa shape index (κ3) is 2.71. The number of nitrogens with one attached hydrogen (secondary N) is 1. The Hall–Kier alpha value is -1.62. The van der Waals surface area contributed by atoms with Crippen molar-refractivity contribution in [2.45, 2.75) is 6.54 Å². The molecule has 3 rings (SSSR count). The van der Waals surface area contributed by atoms with E-state index in [0.717, 1.165) is 17.7 Å². The van der Waals surface area contributed by atoms with Crippen LogP contribution in [-0.4, -0.2) is 4.98 Å². The van der Waals surface area contributed by atoms with Gasteiger partial charge in [0.25, 0.3) is 0 Å². The highest BCUT2D eigenvalue weighted by molar-refractivity contribution is 14.1. The summed E-state index contributed by atoms with van der Waals surface area (Å²) < 4.78 is 1.23. The standard InChI is InChI=1S/C16H13IN2/c17-14-8-1-2-9-15(14)19-11-13-6-3-5-12-7-4-10-18-16(12)13/h1-10,19H,11H2. The van der Waals surface area contributed by atoms with Crippen molar-refractivity contribution in [3.05, 3.63) is 69.9 Å². The molecule has 1 heterocycles. The largest absolute Gasteiger partial charge is 0.380 e. The summed E-state index contributed by atoms with van der Waals surface area (Å²) in [4.78, 5) is 4.47. The molecular weight excluding hydrogens is 347 g/mol. The molecule has 0 saturated carbocycles. The number of rotatable bonds is 3. The number of fused-ring (bicyclic) bond motifs is 1. The monoisotopic (exact) mass is 360 g/mol. The molecule has 1 N–H and O–H groups in total. The fourth-order valence-corrected chi connectivity index (χ4v) is 2.68. The van der Waals surface area contributed by atoms with Gasteiger partial charge in [-0.15, -0.1) is 0 Å². The maximum atomic E-state index is 4.47. The van der Waals surface area contributed by atoms with Gasteiger partial charge in [0.15, 0.2) is 0 Å². The van der Waals surface area contributed by atoms with E-state index in [1.807, 2.05) is 24.4 Å². The lowest BCUT2D eigenvalue weighted by Gasteiger charge is -2.10. The van der Waals surface area contributed by atoms with Crippen LogP contribution in [0.2, 0.25) is 0 Å². The van der Waals surface area contributed by atoms with Crippen LogP contribution in [0, 0.1) is 3.57 Å². The Morgan fingerprint density at radius 2 is 1.79 bits per heavy atom. The second-order valence-corrected chi connectivity index (χ2v) is 5.49. The first kappa shape index (κ1) is 12.4. The molecule has 2 nitrogen and oxygen atoms in total. The second kappa shape index (κ2) is 5.57. The molecule has 0 bridgehead atoms. The summed E-state index contributed by atoms with van der Waals surface area (Å²) in [6.45, 7) is 0.786. The van der Waals surface area contributed by atoms with E-state index in [1.54, 1.807) is 0 Å². The summed E-state index contributed by atoms with van der Waals surface area (Å²) in [6, 6.07) is 18.7. The van der Waals surface area contributed by atoms with Crippen molar-refractivity contribution < 1.29 is 0 Å². The first-order chi connectivity index (χ1) is 9.34. The van der Waals surface area contributed by atoms with Crippen LogP contribution in [0.4, 0.5) is 5.69 Å². The molecule has 0 amide bonds. The number of aromatic nitrogens is 1. The van der Waals surface area contributed by atoms with Gasteiger partial charge in [-0.05, 0) is 46.4 Å². The molecule has 0 aliphatic carbocycles. The summed E-state index contributed by atoms with van der Waals surface area (Å²) >= 11 is 2.34. The van der Waals surface area contributed by atoms with E-state index in [2.05, 4.69) is 69.3 Å². The molecule has 0 radical (unpaired) electrons. The third-order valence-corrected chi connectivity index (χ3v) is 4.00. The summed E-state index contributed by atoms with van der Waals surface area (Å²) in [7, 11) is 0. The number of halogens is 1. The zero-order valence-electron chi connectivity index (χ0n) is 10.3. The van der Waals surface area contributed by atoms with Crippen LogP contribution in [0.1, 0.15) is 5.56 Å². The number of benzene rings is 2. The number of hydrogen-bond donors (Lipinski definition) is 1. The van der Waals surface area contributed by atoms with Crippen molar-refractivity contribution in [3.8, 4) is 0 Å². The lowest BCUT2D eigenvalue weighted by atomic mass is 10.1. The molecule has 94 valence electrons. The van der Waals surface area contributed by atoms with Crippen molar-refractivity contribution in [1.82, 2.24) is 4.98 Å². The first-order valence-electron chi connectivity index (χ1n) is 6.15. The molecule has 1 aromatic heterocycles. The number of anilines is 1. The van der Waals surface area contributed by atoms with E-state index in [9.17, 15) is 0 Å². The van der Waals surface area contributed by atoms with E-state index < -0.39 is 0 Å². The molecule has 19 heavy (non-hydrogen) atoms. The van der Waals surface area contributed by atoms with Crippen molar-refractivity contribution in [1.29, 1.82) is 0 Å². The summed E-state index contributed by atoms with van der Waals surface area (Å²) in [5.41, 5.74) is 3.46. The van der Waals surface area contributed by atoms with E-state index in [4.69, 9.17) is 0 Å². The Kier molecular flexibility index (Phi) is 3.64. The molecular formula is C16H13IN2. The maximum absolute atomic E-state index is 4.47. The minimum atomic E-state index is 0.786. The van der Waals surface area contributed by atoms with E-state index >= 15 is 0 Å². The quantitative estimate of drug-likeness (QED) is 0.698. The van der Waals surface area contributed by atoms with Gasteiger partial charge in [-0.2, -0.15) is 0 Å². The molecule has 0 saturated heterocycles. The summed E-state index contributed by atoms with van der Waals surface area (Å²) in [6.07, 6.45) is 1.85. The number of para-hydroxylation sites is 2. The Morgan fingerprint density at radius 1 is 0.947 bits per heavy atom. The average molecular weight is 360 g/mol. The van der Waals surface area contributed by atoms with Gasteiger partial charge >= 0.3 is 0 Å². The van der Waals surface area contributed by atoms with Gasteiger partial charge in [0.1, 0.15) is 0 Å². The van der Waals surface area contributed by atoms with Crippen molar-refractivity contribution in [3.63, 3.8) is 0 Å². The van der Waals surface area contributed by atoms with Gasteiger partial charge < -0.3 is 5.32 Å². The van der Waals surface area contributed by atoms with Crippen LogP contribution in [0.3, 0.4) is 0 Å². The summed E-state index contributed by atoms with van der Waals surface area (Å²) in [5.74, 6) is 0. The molecule has 0 unspecified atom stereocenters. The molecule has 0 fully saturated rings. The molecule has 2 aromatic carbocycles. The van der Waals surface area contributed by atoms with E-state index in [1.165, 1.54) is 14.5 Å². The van der Waals surface area contributed by atoms with Gasteiger partial charge in [0.05, 0.1) is 5.52 Å². The normalized spacial score (nSPS) is 10.6. The van der Waals surface area contributed by atoms with Gasteiger partial charge in [0, 0.05) is 27.4 Å². The third-order valence-electron chi connectivity index (χ3n) is 3.06. The number of nitrogens with zero attached hydrogens (tertiary/aromatic N) is 1. The number of pyridine rings is 1. The molecule has 0 aliphatic rings. The Balaban J connectivity index is 1.88. The Labute approximate surface area is 126 Å². The second-order valence-electron chi connectivity index (χ2n) is 4.33. The zero-order valence-corrected chi connectivity index (χ0v) is 12.5. The molecule has 3 heteroatoms. The fraction of sp³-hybridized carbons (Fsp3) is 0.0625. The van der Waals surface area contributed by atoms with Crippen molar-refractivity contribution >= 4 is 39.2 Å². The lowest BCUT2D eigenvalue weighted by molar-refractivity contribution is 1.15. The Bertz CT molecular complexity index is 704.